The van der Waals surface area contributed by atoms with Gasteiger partial charge in [0.2, 0.25) is 0 Å². The Hall–Kier alpha value is -0.980. The Morgan fingerprint density at radius 1 is 0.545 bits per heavy atom. The normalized spacial score (nSPS) is 12.5. The predicted molar refractivity (Wildman–Crippen MR) is 99.3 cm³/mol. The molecule has 0 N–H and O–H groups in total. The molecule has 0 atom stereocenters. The van der Waals surface area contributed by atoms with E-state index in [-0.39, 0.29) is 10.8 Å². The van der Waals surface area contributed by atoms with Gasteiger partial charge in [0.1, 0.15) is 0 Å². The van der Waals surface area contributed by atoms with E-state index in [1.165, 1.54) is 16.7 Å². The van der Waals surface area contributed by atoms with Crippen molar-refractivity contribution < 1.29 is 0 Å². The summed E-state index contributed by atoms with van der Waals surface area (Å²) in [5, 5.41) is 1.34. The van der Waals surface area contributed by atoms with E-state index in [4.69, 9.17) is 23.2 Å². The van der Waals surface area contributed by atoms with Crippen LogP contribution in [0.1, 0.15) is 52.7 Å². The molecule has 0 fully saturated rings. The first-order valence-electron chi connectivity index (χ1n) is 7.59. The van der Waals surface area contributed by atoms with E-state index < -0.39 is 0 Å². The van der Waals surface area contributed by atoms with Crippen molar-refractivity contribution in [1.29, 1.82) is 0 Å². The minimum atomic E-state index is 0.0956. The monoisotopic (exact) mass is 334 g/mol. The van der Waals surface area contributed by atoms with Gasteiger partial charge in [-0.1, -0.05) is 82.9 Å². The Bertz CT molecular complexity index is 633. The first-order chi connectivity index (χ1) is 9.96. The summed E-state index contributed by atoms with van der Waals surface area (Å²) in [5.41, 5.74) is 5.07. The van der Waals surface area contributed by atoms with Crippen LogP contribution in [0.25, 0.3) is 11.1 Å². The number of halogens is 2. The van der Waals surface area contributed by atoms with E-state index >= 15 is 0 Å². The molecule has 0 heterocycles. The van der Waals surface area contributed by atoms with Gasteiger partial charge >= 0.3 is 0 Å². The maximum Gasteiger partial charge on any atom is 0.0426 e. The summed E-state index contributed by atoms with van der Waals surface area (Å²) in [6.45, 7) is 13.4. The van der Waals surface area contributed by atoms with Crippen LogP contribution >= 0.6 is 23.2 Å². The third kappa shape index (κ3) is 4.06. The summed E-state index contributed by atoms with van der Waals surface area (Å²) in [6.07, 6.45) is 0. The smallest absolute Gasteiger partial charge is 0.0426 e. The minimum Gasteiger partial charge on any atom is -0.0843 e. The second-order valence-electron chi connectivity index (χ2n) is 7.96. The van der Waals surface area contributed by atoms with Gasteiger partial charge in [0, 0.05) is 10.0 Å². The van der Waals surface area contributed by atoms with Gasteiger partial charge in [0.15, 0.2) is 0 Å². The molecule has 0 aliphatic rings. The van der Waals surface area contributed by atoms with E-state index in [1.807, 2.05) is 12.1 Å². The highest BCUT2D eigenvalue weighted by molar-refractivity contribution is 6.35. The third-order valence-corrected chi connectivity index (χ3v) is 4.30. The fourth-order valence-electron chi connectivity index (χ4n) is 2.38. The third-order valence-electron chi connectivity index (χ3n) is 3.86. The summed E-state index contributed by atoms with van der Waals surface area (Å²) >= 11 is 12.3. The van der Waals surface area contributed by atoms with Crippen LogP contribution in [-0.2, 0) is 10.8 Å². The average molecular weight is 335 g/mol. The van der Waals surface area contributed by atoms with Gasteiger partial charge in [-0.2, -0.15) is 0 Å². The lowest BCUT2D eigenvalue weighted by atomic mass is 9.79. The molecule has 118 valence electrons. The molecule has 0 aromatic heterocycles. The summed E-state index contributed by atoms with van der Waals surface area (Å²) < 4.78 is 0. The highest BCUT2D eigenvalue weighted by atomic mass is 35.5. The highest BCUT2D eigenvalue weighted by Gasteiger charge is 2.21. The largest absolute Gasteiger partial charge is 0.0843 e. The molecule has 2 rings (SSSR count). The Kier molecular flexibility index (Phi) is 4.66. The van der Waals surface area contributed by atoms with Crippen LogP contribution in [0.4, 0.5) is 0 Å². The molecule has 2 heteroatoms. The molecule has 2 aromatic rings. The van der Waals surface area contributed by atoms with Crippen molar-refractivity contribution >= 4 is 23.2 Å². The Morgan fingerprint density at radius 2 is 0.909 bits per heavy atom. The zero-order valence-electron chi connectivity index (χ0n) is 14.2. The van der Waals surface area contributed by atoms with Gasteiger partial charge in [0.05, 0.1) is 0 Å². The van der Waals surface area contributed by atoms with E-state index in [1.54, 1.807) is 6.07 Å². The maximum atomic E-state index is 6.17. The van der Waals surface area contributed by atoms with Crippen molar-refractivity contribution in [3.8, 4) is 11.1 Å². The van der Waals surface area contributed by atoms with Crippen molar-refractivity contribution in [2.45, 2.75) is 52.4 Å². The second kappa shape index (κ2) is 5.91. The van der Waals surface area contributed by atoms with Crippen LogP contribution in [0.15, 0.2) is 36.4 Å². The summed E-state index contributed by atoms with van der Waals surface area (Å²) in [5.74, 6) is 0. The standard InChI is InChI=1S/C20H24Cl2/c1-19(2,3)15-7-13(8-16(11-15)20(4,5)6)14-9-17(21)12-18(22)10-14/h7-12H,1-6H3. The SMILES string of the molecule is CC(C)(C)c1cc(-c2cc(Cl)cc(Cl)c2)cc(C(C)(C)C)c1. The van der Waals surface area contributed by atoms with Gasteiger partial charge in [0.25, 0.3) is 0 Å². The van der Waals surface area contributed by atoms with Crippen LogP contribution in [0.3, 0.4) is 0 Å². The molecule has 0 saturated carbocycles. The average Bonchev–Trinajstić information content (AvgIpc) is 2.35. The number of benzene rings is 2. The van der Waals surface area contributed by atoms with Gasteiger partial charge in [-0.15, -0.1) is 0 Å². The van der Waals surface area contributed by atoms with Crippen molar-refractivity contribution in [3.63, 3.8) is 0 Å². The molecule has 0 radical (unpaired) electrons. The fourth-order valence-corrected chi connectivity index (χ4v) is 2.91. The van der Waals surface area contributed by atoms with Gasteiger partial charge in [-0.05, 0) is 51.3 Å². The fraction of sp³-hybridized carbons (Fsp3) is 0.400. The summed E-state index contributed by atoms with van der Waals surface area (Å²) in [4.78, 5) is 0. The molecule has 22 heavy (non-hydrogen) atoms. The minimum absolute atomic E-state index is 0.0956. The quantitative estimate of drug-likeness (QED) is 0.514. The van der Waals surface area contributed by atoms with Crippen molar-refractivity contribution in [3.05, 3.63) is 57.6 Å². The number of rotatable bonds is 1. The molecule has 0 amide bonds. The van der Waals surface area contributed by atoms with E-state index in [9.17, 15) is 0 Å². The molecule has 2 aromatic carbocycles. The summed E-state index contributed by atoms with van der Waals surface area (Å²) in [6, 6.07) is 12.5. The molecular formula is C20H24Cl2. The highest BCUT2D eigenvalue weighted by Crippen LogP contribution is 2.35. The second-order valence-corrected chi connectivity index (χ2v) is 8.83. The van der Waals surface area contributed by atoms with Crippen LogP contribution in [0, 0.1) is 0 Å². The Balaban J connectivity index is 2.70. The number of hydrogen-bond donors (Lipinski definition) is 0. The number of hydrogen-bond acceptors (Lipinski definition) is 0. The maximum absolute atomic E-state index is 6.17. The lowest BCUT2D eigenvalue weighted by Crippen LogP contribution is -2.16. The summed E-state index contributed by atoms with van der Waals surface area (Å²) in [7, 11) is 0. The lowest BCUT2D eigenvalue weighted by molar-refractivity contribution is 0.569. The first kappa shape index (κ1) is 17.4. The molecule has 0 aliphatic carbocycles. The van der Waals surface area contributed by atoms with Crippen molar-refractivity contribution in [2.24, 2.45) is 0 Å². The zero-order valence-corrected chi connectivity index (χ0v) is 15.7. The molecule has 0 bridgehead atoms. The zero-order chi connectivity index (χ0) is 16.7. The molecule has 0 nitrogen and oxygen atoms in total. The van der Waals surface area contributed by atoms with Crippen molar-refractivity contribution in [1.82, 2.24) is 0 Å². The van der Waals surface area contributed by atoms with Gasteiger partial charge in [-0.25, -0.2) is 0 Å². The predicted octanol–water partition coefficient (Wildman–Crippen LogP) is 7.26. The molecular weight excluding hydrogens is 311 g/mol. The van der Waals surface area contributed by atoms with Crippen LogP contribution in [0.5, 0.6) is 0 Å². The van der Waals surface area contributed by atoms with E-state index in [0.717, 1.165) is 5.56 Å². The van der Waals surface area contributed by atoms with Gasteiger partial charge in [-0.3, -0.25) is 0 Å². The van der Waals surface area contributed by atoms with Crippen LogP contribution in [0.2, 0.25) is 10.0 Å². The van der Waals surface area contributed by atoms with Crippen molar-refractivity contribution in [2.75, 3.05) is 0 Å². The molecule has 0 aliphatic heterocycles. The Morgan fingerprint density at radius 3 is 1.27 bits per heavy atom. The van der Waals surface area contributed by atoms with E-state index in [2.05, 4.69) is 59.7 Å². The van der Waals surface area contributed by atoms with E-state index in [0.29, 0.717) is 10.0 Å². The molecule has 0 spiro atoms. The van der Waals surface area contributed by atoms with Crippen LogP contribution in [-0.4, -0.2) is 0 Å². The Labute approximate surface area is 144 Å². The lowest BCUT2D eigenvalue weighted by Gasteiger charge is -2.26. The molecule has 0 saturated heterocycles. The van der Waals surface area contributed by atoms with Crippen LogP contribution < -0.4 is 0 Å². The molecule has 0 unspecified atom stereocenters. The topological polar surface area (TPSA) is 0 Å². The first-order valence-corrected chi connectivity index (χ1v) is 8.35. The van der Waals surface area contributed by atoms with Gasteiger partial charge < -0.3 is 0 Å².